The molecule has 0 unspecified atom stereocenters. The Hall–Kier alpha value is -3.76. The van der Waals surface area contributed by atoms with Crippen LogP contribution in [0.4, 0.5) is 0 Å². The van der Waals surface area contributed by atoms with Crippen LogP contribution in [-0.2, 0) is 0 Å². The lowest BCUT2D eigenvalue weighted by Gasteiger charge is -2.06. The first-order valence-corrected chi connectivity index (χ1v) is 11.2. The van der Waals surface area contributed by atoms with Crippen LogP contribution in [0, 0.1) is 0 Å². The molecule has 0 radical (unpaired) electrons. The first-order valence-electron chi connectivity index (χ1n) is 10.4. The Kier molecular flexibility index (Phi) is 4.58. The zero-order chi connectivity index (χ0) is 21.5. The zero-order valence-corrected chi connectivity index (χ0v) is 18.6. The highest BCUT2D eigenvalue weighted by molar-refractivity contribution is 9.10. The molecule has 0 fully saturated rings. The maximum absolute atomic E-state index is 6.31. The quantitative estimate of drug-likeness (QED) is 0.258. The van der Waals surface area contributed by atoms with Crippen molar-refractivity contribution < 1.29 is 4.42 Å². The number of fused-ring (bicyclic) bond motifs is 3. The van der Waals surface area contributed by atoms with E-state index >= 15 is 0 Å². The minimum atomic E-state index is 0.677. The van der Waals surface area contributed by atoms with Crippen molar-refractivity contribution in [1.29, 1.82) is 0 Å². The molecule has 0 atom stereocenters. The predicted octanol–water partition coefficient (Wildman–Crippen LogP) is 8.14. The van der Waals surface area contributed by atoms with Gasteiger partial charge < -0.3 is 4.42 Å². The van der Waals surface area contributed by atoms with Gasteiger partial charge in [-0.1, -0.05) is 94.8 Å². The minimum absolute atomic E-state index is 0.677. The molecule has 0 aliphatic heterocycles. The van der Waals surface area contributed by atoms with Gasteiger partial charge in [0.2, 0.25) is 0 Å². The second-order valence-corrected chi connectivity index (χ2v) is 8.54. The van der Waals surface area contributed by atoms with Crippen LogP contribution in [0.2, 0.25) is 0 Å². The van der Waals surface area contributed by atoms with Gasteiger partial charge in [0.15, 0.2) is 11.4 Å². The van der Waals surface area contributed by atoms with E-state index in [0.717, 1.165) is 48.9 Å². The molecule has 2 heterocycles. The third-order valence-electron chi connectivity index (χ3n) is 5.57. The average molecular weight is 477 g/mol. The van der Waals surface area contributed by atoms with Crippen molar-refractivity contribution >= 4 is 38.0 Å². The molecule has 152 valence electrons. The number of hydrogen-bond donors (Lipinski definition) is 0. The van der Waals surface area contributed by atoms with Crippen LogP contribution in [0.15, 0.2) is 112 Å². The van der Waals surface area contributed by atoms with Crippen LogP contribution in [0.1, 0.15) is 0 Å². The molecule has 0 aliphatic rings. The molecule has 4 heteroatoms. The maximum Gasteiger partial charge on any atom is 0.180 e. The Morgan fingerprint density at radius 3 is 1.97 bits per heavy atom. The summed E-state index contributed by atoms with van der Waals surface area (Å²) in [6, 6.07) is 34.8. The molecule has 0 amide bonds. The first-order chi connectivity index (χ1) is 15.8. The van der Waals surface area contributed by atoms with Crippen molar-refractivity contribution in [1.82, 2.24) is 9.97 Å². The molecule has 4 aromatic carbocycles. The topological polar surface area (TPSA) is 38.9 Å². The molecule has 32 heavy (non-hydrogen) atoms. The summed E-state index contributed by atoms with van der Waals surface area (Å²) >= 11 is 3.51. The highest BCUT2D eigenvalue weighted by Gasteiger charge is 2.18. The van der Waals surface area contributed by atoms with Crippen molar-refractivity contribution in [2.45, 2.75) is 0 Å². The summed E-state index contributed by atoms with van der Waals surface area (Å²) in [5.74, 6) is 0.677. The van der Waals surface area contributed by atoms with Gasteiger partial charge in [-0.05, 0) is 35.4 Å². The lowest BCUT2D eigenvalue weighted by molar-refractivity contribution is 0.667. The Labute approximate surface area is 193 Å². The molecule has 0 aliphatic carbocycles. The Bertz CT molecular complexity index is 1560. The highest BCUT2D eigenvalue weighted by Crippen LogP contribution is 2.37. The normalized spacial score (nSPS) is 11.3. The third kappa shape index (κ3) is 3.29. The lowest BCUT2D eigenvalue weighted by Crippen LogP contribution is -1.93. The highest BCUT2D eigenvalue weighted by atomic mass is 79.9. The van der Waals surface area contributed by atoms with Gasteiger partial charge in [0.05, 0.1) is 0 Å². The number of hydrogen-bond acceptors (Lipinski definition) is 3. The fourth-order valence-electron chi connectivity index (χ4n) is 3.97. The lowest BCUT2D eigenvalue weighted by atomic mass is 10.0. The summed E-state index contributed by atoms with van der Waals surface area (Å²) in [5.41, 5.74) is 7.38. The predicted molar refractivity (Wildman–Crippen MR) is 133 cm³/mol. The van der Waals surface area contributed by atoms with Crippen LogP contribution in [0.3, 0.4) is 0 Å². The molecule has 6 rings (SSSR count). The van der Waals surface area contributed by atoms with Crippen LogP contribution in [0.25, 0.3) is 55.8 Å². The number of rotatable bonds is 3. The minimum Gasteiger partial charge on any atom is -0.452 e. The van der Waals surface area contributed by atoms with Crippen molar-refractivity contribution in [3.8, 4) is 33.8 Å². The molecule has 6 aromatic rings. The van der Waals surface area contributed by atoms with Gasteiger partial charge in [-0.2, -0.15) is 0 Å². The second-order valence-electron chi connectivity index (χ2n) is 7.63. The van der Waals surface area contributed by atoms with Gasteiger partial charge in [-0.15, -0.1) is 0 Å². The van der Waals surface area contributed by atoms with Crippen molar-refractivity contribution in [3.63, 3.8) is 0 Å². The Morgan fingerprint density at radius 1 is 0.594 bits per heavy atom. The molecule has 0 N–H and O–H groups in total. The van der Waals surface area contributed by atoms with Gasteiger partial charge in [-0.3, -0.25) is 0 Å². The number of halogens is 1. The van der Waals surface area contributed by atoms with Crippen LogP contribution in [0.5, 0.6) is 0 Å². The number of furan rings is 1. The van der Waals surface area contributed by atoms with E-state index in [-0.39, 0.29) is 0 Å². The maximum atomic E-state index is 6.31. The molecule has 0 bridgehead atoms. The van der Waals surface area contributed by atoms with Crippen LogP contribution < -0.4 is 0 Å². The van der Waals surface area contributed by atoms with E-state index in [2.05, 4.69) is 52.3 Å². The molecular formula is C28H17BrN2O. The average Bonchev–Trinajstić information content (AvgIpc) is 3.23. The molecular weight excluding hydrogens is 460 g/mol. The number of benzene rings is 4. The summed E-state index contributed by atoms with van der Waals surface area (Å²) in [6.45, 7) is 0. The van der Waals surface area contributed by atoms with Crippen LogP contribution in [-0.4, -0.2) is 9.97 Å². The van der Waals surface area contributed by atoms with Gasteiger partial charge in [0.25, 0.3) is 0 Å². The largest absolute Gasteiger partial charge is 0.452 e. The van der Waals surface area contributed by atoms with Gasteiger partial charge in [-0.25, -0.2) is 9.97 Å². The van der Waals surface area contributed by atoms with E-state index in [9.17, 15) is 0 Å². The van der Waals surface area contributed by atoms with Gasteiger partial charge in [0, 0.05) is 21.0 Å². The fraction of sp³-hybridized carbons (Fsp3) is 0. The van der Waals surface area contributed by atoms with E-state index in [1.54, 1.807) is 0 Å². The summed E-state index contributed by atoms with van der Waals surface area (Å²) in [6.07, 6.45) is 0. The first kappa shape index (κ1) is 19.0. The van der Waals surface area contributed by atoms with E-state index in [1.165, 1.54) is 0 Å². The van der Waals surface area contributed by atoms with Gasteiger partial charge in [0.1, 0.15) is 16.8 Å². The molecule has 0 saturated carbocycles. The number of nitrogens with zero attached hydrogens (tertiary/aromatic N) is 2. The summed E-state index contributed by atoms with van der Waals surface area (Å²) in [7, 11) is 0. The number of aromatic nitrogens is 2. The SMILES string of the molecule is Brc1ccc(-c2nc(-c3ccccc3)c3oc4ccc(-c5ccccc5)cc4c3n2)cc1. The summed E-state index contributed by atoms with van der Waals surface area (Å²) < 4.78 is 7.33. The molecule has 0 saturated heterocycles. The summed E-state index contributed by atoms with van der Waals surface area (Å²) in [4.78, 5) is 9.89. The standard InChI is InChI=1S/C28H17BrN2O/c29-22-14-11-20(12-15-22)28-30-25(19-9-5-2-6-10-19)27-26(31-28)23-17-21(13-16-24(23)32-27)18-7-3-1-4-8-18/h1-17H. The van der Waals surface area contributed by atoms with Crippen molar-refractivity contribution in [2.75, 3.05) is 0 Å². The monoisotopic (exact) mass is 476 g/mol. The second kappa shape index (κ2) is 7.74. The van der Waals surface area contributed by atoms with E-state index in [1.807, 2.05) is 66.7 Å². The molecule has 2 aromatic heterocycles. The van der Waals surface area contributed by atoms with Gasteiger partial charge >= 0.3 is 0 Å². The Morgan fingerprint density at radius 2 is 1.25 bits per heavy atom. The van der Waals surface area contributed by atoms with E-state index in [0.29, 0.717) is 11.4 Å². The van der Waals surface area contributed by atoms with Crippen LogP contribution >= 0.6 is 15.9 Å². The van der Waals surface area contributed by atoms with Crippen molar-refractivity contribution in [2.24, 2.45) is 0 Å². The zero-order valence-electron chi connectivity index (χ0n) is 17.0. The summed E-state index contributed by atoms with van der Waals surface area (Å²) in [5, 5.41) is 0.985. The Balaban J connectivity index is 1.66. The smallest absolute Gasteiger partial charge is 0.180 e. The van der Waals surface area contributed by atoms with Crippen molar-refractivity contribution in [3.05, 3.63) is 108 Å². The van der Waals surface area contributed by atoms with E-state index < -0.39 is 0 Å². The molecule has 0 spiro atoms. The molecule has 3 nitrogen and oxygen atoms in total. The fourth-order valence-corrected chi connectivity index (χ4v) is 4.24. The third-order valence-corrected chi connectivity index (χ3v) is 6.10. The van der Waals surface area contributed by atoms with E-state index in [4.69, 9.17) is 14.4 Å².